The average Bonchev–Trinajstić information content (AvgIpc) is 2.49. The Labute approximate surface area is 122 Å². The molecule has 2 rings (SSSR count). The Morgan fingerprint density at radius 2 is 2.00 bits per heavy atom. The Morgan fingerprint density at radius 3 is 2.57 bits per heavy atom. The molecule has 21 heavy (non-hydrogen) atoms. The number of pyridine rings is 1. The zero-order valence-corrected chi connectivity index (χ0v) is 11.9. The van der Waals surface area contributed by atoms with Crippen molar-refractivity contribution in [2.75, 3.05) is 0 Å². The molecule has 0 aliphatic carbocycles. The molecule has 2 aromatic rings. The van der Waals surface area contributed by atoms with Gasteiger partial charge in [-0.25, -0.2) is 0 Å². The predicted octanol–water partition coefficient (Wildman–Crippen LogP) is 2.02. The molecule has 0 unspecified atom stereocenters. The fourth-order valence-corrected chi connectivity index (χ4v) is 2.20. The molecule has 0 radical (unpaired) electrons. The highest BCUT2D eigenvalue weighted by Crippen LogP contribution is 2.14. The van der Waals surface area contributed by atoms with Gasteiger partial charge in [0.2, 0.25) is 0 Å². The quantitative estimate of drug-likeness (QED) is 0.636. The van der Waals surface area contributed by atoms with E-state index >= 15 is 0 Å². The molecule has 1 heterocycles. The summed E-state index contributed by atoms with van der Waals surface area (Å²) in [6.45, 7) is 1.84. The van der Waals surface area contributed by atoms with E-state index in [-0.39, 0.29) is 10.6 Å². The molecule has 0 N–H and O–H groups in total. The summed E-state index contributed by atoms with van der Waals surface area (Å²) in [6, 6.07) is 11.1. The highest BCUT2D eigenvalue weighted by Gasteiger charge is 2.16. The van der Waals surface area contributed by atoms with Crippen LogP contribution >= 0.6 is 0 Å². The lowest BCUT2D eigenvalue weighted by atomic mass is 10.2. The second kappa shape index (κ2) is 6.15. The van der Waals surface area contributed by atoms with Gasteiger partial charge in [-0.1, -0.05) is 22.9 Å². The maximum absolute atomic E-state index is 11.9. The molecule has 1 aromatic heterocycles. The minimum Gasteiger partial charge on any atom is -0.264 e. The highest BCUT2D eigenvalue weighted by molar-refractivity contribution is 7.86. The lowest BCUT2D eigenvalue weighted by molar-refractivity contribution is 0.339. The smallest absolute Gasteiger partial charge is 0.264 e. The number of aromatic nitrogens is 1. The molecule has 0 saturated carbocycles. The number of rotatable bonds is 4. The molecular formula is C14H11N3O3S. The van der Waals surface area contributed by atoms with Crippen molar-refractivity contribution in [3.63, 3.8) is 0 Å². The number of benzene rings is 1. The third-order valence-corrected chi connectivity index (χ3v) is 3.70. The zero-order valence-electron chi connectivity index (χ0n) is 11.1. The second-order valence-electron chi connectivity index (χ2n) is 4.14. The summed E-state index contributed by atoms with van der Waals surface area (Å²) in [5.41, 5.74) is 1.13. The Bertz CT molecular complexity index is 792. The van der Waals surface area contributed by atoms with Crippen LogP contribution in [0.1, 0.15) is 11.1 Å². The van der Waals surface area contributed by atoms with Gasteiger partial charge in [0.25, 0.3) is 0 Å². The third-order valence-electron chi connectivity index (χ3n) is 2.58. The van der Waals surface area contributed by atoms with Crippen molar-refractivity contribution in [2.45, 2.75) is 11.8 Å². The van der Waals surface area contributed by atoms with Crippen molar-refractivity contribution in [3.05, 3.63) is 59.9 Å². The number of hydrogen-bond donors (Lipinski definition) is 0. The van der Waals surface area contributed by atoms with Crippen molar-refractivity contribution < 1.29 is 12.7 Å². The maximum atomic E-state index is 11.9. The van der Waals surface area contributed by atoms with Gasteiger partial charge in [0.15, 0.2) is 5.71 Å². The van der Waals surface area contributed by atoms with Crippen molar-refractivity contribution in [3.8, 4) is 6.07 Å². The van der Waals surface area contributed by atoms with E-state index in [9.17, 15) is 8.42 Å². The summed E-state index contributed by atoms with van der Waals surface area (Å²) in [5, 5.41) is 12.4. The van der Waals surface area contributed by atoms with Crippen LogP contribution in [-0.4, -0.2) is 19.1 Å². The molecule has 106 valence electrons. The summed E-state index contributed by atoms with van der Waals surface area (Å²) >= 11 is 0. The van der Waals surface area contributed by atoms with Crippen molar-refractivity contribution in [1.82, 2.24) is 4.98 Å². The Hall–Kier alpha value is -2.72. The van der Waals surface area contributed by atoms with Crippen LogP contribution in [0, 0.1) is 18.3 Å². The van der Waals surface area contributed by atoms with Crippen LogP contribution in [0.3, 0.4) is 0 Å². The van der Waals surface area contributed by atoms with E-state index in [1.165, 1.54) is 24.5 Å². The first-order valence-electron chi connectivity index (χ1n) is 5.92. The molecule has 0 bridgehead atoms. The van der Waals surface area contributed by atoms with Crippen LogP contribution in [0.5, 0.6) is 0 Å². The summed E-state index contributed by atoms with van der Waals surface area (Å²) in [4.78, 5) is 3.80. The third kappa shape index (κ3) is 3.64. The monoisotopic (exact) mass is 301 g/mol. The maximum Gasteiger partial charge on any atom is 0.358 e. The van der Waals surface area contributed by atoms with Gasteiger partial charge < -0.3 is 0 Å². The van der Waals surface area contributed by atoms with E-state index in [2.05, 4.69) is 14.4 Å². The molecule has 0 atom stereocenters. The van der Waals surface area contributed by atoms with E-state index in [0.717, 1.165) is 5.56 Å². The van der Waals surface area contributed by atoms with Gasteiger partial charge in [-0.2, -0.15) is 13.7 Å². The first kappa shape index (κ1) is 14.7. The molecule has 0 fully saturated rings. The van der Waals surface area contributed by atoms with Crippen LogP contribution in [0.4, 0.5) is 0 Å². The lowest BCUT2D eigenvalue weighted by Gasteiger charge is -2.02. The van der Waals surface area contributed by atoms with Gasteiger partial charge in [0.05, 0.1) is 0 Å². The normalized spacial score (nSPS) is 11.7. The Morgan fingerprint density at radius 1 is 1.29 bits per heavy atom. The topological polar surface area (TPSA) is 92.4 Å². The van der Waals surface area contributed by atoms with E-state index < -0.39 is 10.1 Å². The molecule has 1 aromatic carbocycles. The van der Waals surface area contributed by atoms with Crippen molar-refractivity contribution in [1.29, 1.82) is 5.26 Å². The van der Waals surface area contributed by atoms with Gasteiger partial charge in [0, 0.05) is 18.0 Å². The Kier molecular flexibility index (Phi) is 4.30. The molecule has 0 spiro atoms. The molecule has 0 aliphatic rings. The summed E-state index contributed by atoms with van der Waals surface area (Å²) in [5.74, 6) is 0. The van der Waals surface area contributed by atoms with Gasteiger partial charge in [-0.3, -0.25) is 9.27 Å². The van der Waals surface area contributed by atoms with Gasteiger partial charge in [0.1, 0.15) is 11.0 Å². The molecule has 0 aliphatic heterocycles. The minimum atomic E-state index is -4.05. The zero-order chi connectivity index (χ0) is 15.3. The summed E-state index contributed by atoms with van der Waals surface area (Å²) < 4.78 is 28.5. The van der Waals surface area contributed by atoms with E-state index in [1.54, 1.807) is 30.3 Å². The average molecular weight is 301 g/mol. The number of oxime groups is 1. The summed E-state index contributed by atoms with van der Waals surface area (Å²) in [7, 11) is -4.05. The number of aryl methyl sites for hydroxylation is 1. The Balaban J connectivity index is 2.26. The number of hydrogen-bond acceptors (Lipinski definition) is 6. The number of nitrogens with zero attached hydrogens (tertiary/aromatic N) is 3. The van der Waals surface area contributed by atoms with E-state index in [1.807, 2.05) is 6.92 Å². The SMILES string of the molecule is Cc1ccc(S(=O)(=O)ON=C(C#N)c2cccnc2)cc1. The van der Waals surface area contributed by atoms with Gasteiger partial charge >= 0.3 is 10.1 Å². The largest absolute Gasteiger partial charge is 0.358 e. The van der Waals surface area contributed by atoms with Crippen LogP contribution in [0.15, 0.2) is 58.8 Å². The van der Waals surface area contributed by atoms with Crippen LogP contribution in [-0.2, 0) is 14.4 Å². The van der Waals surface area contributed by atoms with Crippen LogP contribution in [0.2, 0.25) is 0 Å². The molecular weight excluding hydrogens is 290 g/mol. The van der Waals surface area contributed by atoms with E-state index in [4.69, 9.17) is 5.26 Å². The van der Waals surface area contributed by atoms with Crippen molar-refractivity contribution in [2.24, 2.45) is 5.16 Å². The minimum absolute atomic E-state index is 0.0275. The van der Waals surface area contributed by atoms with Gasteiger partial charge in [-0.15, -0.1) is 0 Å². The van der Waals surface area contributed by atoms with Crippen LogP contribution in [0.25, 0.3) is 0 Å². The predicted molar refractivity (Wildman–Crippen MR) is 75.8 cm³/mol. The molecule has 0 saturated heterocycles. The number of nitriles is 1. The lowest BCUT2D eigenvalue weighted by Crippen LogP contribution is -2.06. The standard InChI is InChI=1S/C14H11N3O3S/c1-11-4-6-13(7-5-11)21(18,19)20-17-14(9-15)12-3-2-8-16-10-12/h2-8,10H,1H3. The fourth-order valence-electron chi connectivity index (χ4n) is 1.47. The summed E-state index contributed by atoms with van der Waals surface area (Å²) in [6.07, 6.45) is 2.92. The molecule has 7 heteroatoms. The van der Waals surface area contributed by atoms with E-state index in [0.29, 0.717) is 5.56 Å². The molecule has 0 amide bonds. The highest BCUT2D eigenvalue weighted by atomic mass is 32.2. The first-order chi connectivity index (χ1) is 10.0. The second-order valence-corrected chi connectivity index (χ2v) is 5.66. The van der Waals surface area contributed by atoms with Crippen LogP contribution < -0.4 is 0 Å². The fraction of sp³-hybridized carbons (Fsp3) is 0.0714. The van der Waals surface area contributed by atoms with Gasteiger partial charge in [-0.05, 0) is 31.2 Å². The first-order valence-corrected chi connectivity index (χ1v) is 7.32. The van der Waals surface area contributed by atoms with Crippen molar-refractivity contribution >= 4 is 15.8 Å². The molecule has 6 nitrogen and oxygen atoms in total.